The van der Waals surface area contributed by atoms with Crippen LogP contribution in [0.5, 0.6) is 0 Å². The van der Waals surface area contributed by atoms with Crippen LogP contribution in [0.3, 0.4) is 0 Å². The quantitative estimate of drug-likeness (QED) is 0.628. The average molecular weight is 296 g/mol. The first-order chi connectivity index (χ1) is 9.41. The lowest BCUT2D eigenvalue weighted by Gasteiger charge is -2.08. The summed E-state index contributed by atoms with van der Waals surface area (Å²) in [5.41, 5.74) is -1.20. The highest BCUT2D eigenvalue weighted by molar-refractivity contribution is 6.31. The summed E-state index contributed by atoms with van der Waals surface area (Å²) in [6.45, 7) is -0.248. The van der Waals surface area contributed by atoms with Crippen molar-refractivity contribution in [3.63, 3.8) is 0 Å². The fourth-order valence-electron chi connectivity index (χ4n) is 1.79. The Bertz CT molecular complexity index is 794. The minimum absolute atomic E-state index is 0.129. The van der Waals surface area contributed by atoms with Crippen LogP contribution in [0.4, 0.5) is 5.69 Å². The summed E-state index contributed by atoms with van der Waals surface area (Å²) in [6, 6.07) is 5.40. The maximum atomic E-state index is 11.9. The first-order valence-electron chi connectivity index (χ1n) is 5.60. The SMILES string of the molecule is Cn1ccc(=O)n(Cc2c(Cl)cccc2[N+](=O)[O-])c1=O. The molecule has 0 amide bonds. The van der Waals surface area contributed by atoms with Crippen LogP contribution >= 0.6 is 11.6 Å². The Morgan fingerprint density at radius 3 is 2.65 bits per heavy atom. The molecule has 2 rings (SSSR count). The average Bonchev–Trinajstić information content (AvgIpc) is 2.40. The van der Waals surface area contributed by atoms with Crippen molar-refractivity contribution in [2.75, 3.05) is 0 Å². The molecule has 0 unspecified atom stereocenters. The van der Waals surface area contributed by atoms with E-state index < -0.39 is 16.2 Å². The zero-order valence-electron chi connectivity index (χ0n) is 10.4. The van der Waals surface area contributed by atoms with E-state index >= 15 is 0 Å². The molecule has 0 saturated carbocycles. The van der Waals surface area contributed by atoms with Crippen molar-refractivity contribution in [2.45, 2.75) is 6.54 Å². The maximum absolute atomic E-state index is 11.9. The monoisotopic (exact) mass is 295 g/mol. The predicted octanol–water partition coefficient (Wildman–Crippen LogP) is 1.16. The van der Waals surface area contributed by atoms with Crippen molar-refractivity contribution >= 4 is 17.3 Å². The molecule has 2 aromatic rings. The van der Waals surface area contributed by atoms with Gasteiger partial charge in [0.1, 0.15) is 0 Å². The summed E-state index contributed by atoms with van der Waals surface area (Å²) >= 11 is 5.94. The van der Waals surface area contributed by atoms with Crippen molar-refractivity contribution in [2.24, 2.45) is 7.05 Å². The largest absolute Gasteiger partial charge is 0.331 e. The molecule has 0 N–H and O–H groups in total. The van der Waals surface area contributed by atoms with Gasteiger partial charge >= 0.3 is 5.69 Å². The van der Waals surface area contributed by atoms with Crippen LogP contribution in [0, 0.1) is 10.1 Å². The van der Waals surface area contributed by atoms with Gasteiger partial charge in [0.15, 0.2) is 0 Å². The second-order valence-corrected chi connectivity index (χ2v) is 4.54. The Morgan fingerprint density at radius 1 is 1.30 bits per heavy atom. The van der Waals surface area contributed by atoms with E-state index in [1.807, 2.05) is 0 Å². The van der Waals surface area contributed by atoms with Crippen LogP contribution < -0.4 is 11.2 Å². The Kier molecular flexibility index (Phi) is 3.71. The van der Waals surface area contributed by atoms with Crippen LogP contribution in [0.2, 0.25) is 5.02 Å². The van der Waals surface area contributed by atoms with E-state index in [2.05, 4.69) is 0 Å². The molecule has 1 aromatic carbocycles. The van der Waals surface area contributed by atoms with Crippen LogP contribution in [-0.2, 0) is 13.6 Å². The zero-order chi connectivity index (χ0) is 14.9. The van der Waals surface area contributed by atoms with Gasteiger partial charge in [-0.15, -0.1) is 0 Å². The Morgan fingerprint density at radius 2 is 2.00 bits per heavy atom. The van der Waals surface area contributed by atoms with E-state index in [1.165, 1.54) is 42.1 Å². The molecule has 7 nitrogen and oxygen atoms in total. The first kappa shape index (κ1) is 14.0. The molecule has 0 aliphatic heterocycles. The summed E-state index contributed by atoms with van der Waals surface area (Å²) in [4.78, 5) is 34.0. The van der Waals surface area contributed by atoms with Crippen molar-refractivity contribution in [1.82, 2.24) is 9.13 Å². The van der Waals surface area contributed by atoms with E-state index in [1.54, 1.807) is 0 Å². The molecule has 8 heteroatoms. The molecule has 1 heterocycles. The topological polar surface area (TPSA) is 87.1 Å². The molecule has 0 aliphatic rings. The third-order valence-electron chi connectivity index (χ3n) is 2.85. The molecule has 0 fully saturated rings. The van der Waals surface area contributed by atoms with Gasteiger partial charge < -0.3 is 4.57 Å². The van der Waals surface area contributed by atoms with Gasteiger partial charge in [-0.3, -0.25) is 19.5 Å². The number of rotatable bonds is 3. The molecule has 1 aromatic heterocycles. The smallest absolute Gasteiger partial charge is 0.303 e. The van der Waals surface area contributed by atoms with Gasteiger partial charge in [0.2, 0.25) is 0 Å². The minimum atomic E-state index is -0.598. The molecule has 104 valence electrons. The number of aromatic nitrogens is 2. The van der Waals surface area contributed by atoms with E-state index in [4.69, 9.17) is 11.6 Å². The van der Waals surface area contributed by atoms with E-state index in [-0.39, 0.29) is 22.8 Å². The van der Waals surface area contributed by atoms with Crippen molar-refractivity contribution in [3.8, 4) is 0 Å². The van der Waals surface area contributed by atoms with E-state index in [0.717, 1.165) is 4.57 Å². The number of aryl methyl sites for hydroxylation is 1. The highest BCUT2D eigenvalue weighted by atomic mass is 35.5. The Labute approximate surface area is 117 Å². The number of benzene rings is 1. The number of nitro benzene ring substituents is 1. The molecule has 20 heavy (non-hydrogen) atoms. The fourth-order valence-corrected chi connectivity index (χ4v) is 2.02. The van der Waals surface area contributed by atoms with Gasteiger partial charge in [-0.1, -0.05) is 17.7 Å². The van der Waals surface area contributed by atoms with E-state index in [9.17, 15) is 19.7 Å². The summed E-state index contributed by atoms with van der Waals surface area (Å²) in [5.74, 6) is 0. The second kappa shape index (κ2) is 5.30. The Hall–Kier alpha value is -2.41. The normalized spacial score (nSPS) is 10.5. The zero-order valence-corrected chi connectivity index (χ0v) is 11.2. The van der Waals surface area contributed by atoms with Gasteiger partial charge in [0.05, 0.1) is 22.1 Å². The second-order valence-electron chi connectivity index (χ2n) is 4.13. The van der Waals surface area contributed by atoms with Gasteiger partial charge in [-0.05, 0) is 6.07 Å². The fraction of sp³-hybridized carbons (Fsp3) is 0.167. The van der Waals surface area contributed by atoms with Crippen molar-refractivity contribution in [3.05, 3.63) is 72.0 Å². The van der Waals surface area contributed by atoms with Crippen LogP contribution in [0.15, 0.2) is 40.1 Å². The van der Waals surface area contributed by atoms with Gasteiger partial charge in [-0.25, -0.2) is 4.79 Å². The highest BCUT2D eigenvalue weighted by Gasteiger charge is 2.18. The number of hydrogen-bond acceptors (Lipinski definition) is 4. The van der Waals surface area contributed by atoms with Crippen LogP contribution in [-0.4, -0.2) is 14.1 Å². The first-order valence-corrected chi connectivity index (χ1v) is 5.98. The molecule has 0 bridgehead atoms. The lowest BCUT2D eigenvalue weighted by molar-refractivity contribution is -0.385. The highest BCUT2D eigenvalue weighted by Crippen LogP contribution is 2.26. The maximum Gasteiger partial charge on any atom is 0.331 e. The van der Waals surface area contributed by atoms with E-state index in [0.29, 0.717) is 0 Å². The summed E-state index contributed by atoms with van der Waals surface area (Å²) in [7, 11) is 1.49. The molecule has 0 atom stereocenters. The molecule has 0 aliphatic carbocycles. The summed E-state index contributed by atoms with van der Waals surface area (Å²) in [5, 5.41) is 11.1. The number of nitro groups is 1. The van der Waals surface area contributed by atoms with Gasteiger partial charge in [0, 0.05) is 25.4 Å². The van der Waals surface area contributed by atoms with Crippen LogP contribution in [0.1, 0.15) is 5.56 Å². The van der Waals surface area contributed by atoms with Crippen molar-refractivity contribution in [1.29, 1.82) is 0 Å². The lowest BCUT2D eigenvalue weighted by atomic mass is 10.2. The summed E-state index contributed by atoms with van der Waals surface area (Å²) < 4.78 is 2.11. The predicted molar refractivity (Wildman–Crippen MR) is 73.2 cm³/mol. The minimum Gasteiger partial charge on any atom is -0.303 e. The molecular weight excluding hydrogens is 286 g/mol. The van der Waals surface area contributed by atoms with Gasteiger partial charge in [-0.2, -0.15) is 0 Å². The summed E-state index contributed by atoms with van der Waals surface area (Å²) in [6.07, 6.45) is 1.34. The molecule has 0 radical (unpaired) electrons. The van der Waals surface area contributed by atoms with Gasteiger partial charge in [0.25, 0.3) is 11.2 Å². The standard InChI is InChI=1S/C12H10ClN3O4/c1-14-6-5-11(17)15(12(14)18)7-8-9(13)3-2-4-10(8)16(19)20/h2-6H,7H2,1H3. The number of hydrogen-bond donors (Lipinski definition) is 0. The molecule has 0 spiro atoms. The third-order valence-corrected chi connectivity index (χ3v) is 3.20. The lowest BCUT2D eigenvalue weighted by Crippen LogP contribution is -2.38. The van der Waals surface area contributed by atoms with Crippen molar-refractivity contribution < 1.29 is 4.92 Å². The number of nitrogens with zero attached hydrogens (tertiary/aromatic N) is 3. The third kappa shape index (κ3) is 2.48. The molecule has 0 saturated heterocycles. The Balaban J connectivity index is 2.62. The number of halogens is 1. The van der Waals surface area contributed by atoms with Crippen LogP contribution in [0.25, 0.3) is 0 Å². The molecular formula is C12H10ClN3O4.